The van der Waals surface area contributed by atoms with E-state index in [9.17, 15) is 4.79 Å². The van der Waals surface area contributed by atoms with E-state index in [1.165, 1.54) is 0 Å². The molecule has 1 aliphatic rings. The Bertz CT molecular complexity index is 357. The van der Waals surface area contributed by atoms with Crippen LogP contribution in [-0.2, 0) is 13.0 Å². The van der Waals surface area contributed by atoms with Gasteiger partial charge in [0.25, 0.3) is 0 Å². The molecule has 1 aromatic rings. The van der Waals surface area contributed by atoms with Crippen LogP contribution in [0.1, 0.15) is 12.7 Å². The molecule has 5 heteroatoms. The molecular weight excluding hydrogens is 156 g/mol. The lowest BCUT2D eigenvalue weighted by molar-refractivity contribution is -0.690. The molecule has 64 valence electrons. The maximum absolute atomic E-state index is 11.3. The van der Waals surface area contributed by atoms with Crippen LogP contribution in [0, 0.1) is 0 Å². The van der Waals surface area contributed by atoms with Gasteiger partial charge in [-0.1, -0.05) is 11.9 Å². The predicted molar refractivity (Wildman–Crippen MR) is 42.9 cm³/mol. The Balaban J connectivity index is 2.59. The topological polar surface area (TPSA) is 61.7 Å². The summed E-state index contributed by atoms with van der Waals surface area (Å²) in [4.78, 5) is 18.3. The Hall–Kier alpha value is -1.39. The van der Waals surface area contributed by atoms with E-state index >= 15 is 0 Å². The number of nitrogens with zero attached hydrogens (tertiary/aromatic N) is 2. The summed E-state index contributed by atoms with van der Waals surface area (Å²) in [6.07, 6.45) is 0.755. The van der Waals surface area contributed by atoms with Crippen LogP contribution in [0.3, 0.4) is 0 Å². The van der Waals surface area contributed by atoms with Gasteiger partial charge in [-0.3, -0.25) is 5.32 Å². The molecule has 0 amide bonds. The van der Waals surface area contributed by atoms with E-state index in [0.717, 1.165) is 18.8 Å². The minimum Gasteiger partial charge on any atom is -0.291 e. The van der Waals surface area contributed by atoms with Gasteiger partial charge < -0.3 is 0 Å². The highest BCUT2D eigenvalue weighted by Crippen LogP contribution is 1.97. The standard InChI is InChI=1S/C7H10N4O/c1-2-5-9-6-8-3-4-11(6)7(12)10-5/h2-4H2,1H3,(H,8,9,10,12)/p+1. The molecule has 0 aromatic carbocycles. The zero-order valence-corrected chi connectivity index (χ0v) is 6.92. The lowest BCUT2D eigenvalue weighted by atomic mass is 10.5. The first-order valence-electron chi connectivity index (χ1n) is 4.08. The number of anilines is 1. The minimum atomic E-state index is -0.0677. The van der Waals surface area contributed by atoms with Crippen LogP contribution < -0.4 is 15.6 Å². The molecule has 2 N–H and O–H groups in total. The van der Waals surface area contributed by atoms with Crippen molar-refractivity contribution in [1.29, 1.82) is 0 Å². The number of aryl methyl sites for hydroxylation is 1. The van der Waals surface area contributed by atoms with E-state index in [1.54, 1.807) is 4.57 Å². The largest absolute Gasteiger partial charge is 0.416 e. The molecule has 2 heterocycles. The zero-order valence-electron chi connectivity index (χ0n) is 6.92. The molecule has 1 aromatic heterocycles. The lowest BCUT2D eigenvalue weighted by Crippen LogP contribution is -2.50. The number of nitrogens with one attached hydrogen (secondary N) is 2. The second kappa shape index (κ2) is 2.58. The van der Waals surface area contributed by atoms with E-state index in [2.05, 4.69) is 15.3 Å². The van der Waals surface area contributed by atoms with Gasteiger partial charge in [-0.05, 0) is 0 Å². The summed E-state index contributed by atoms with van der Waals surface area (Å²) >= 11 is 0. The molecule has 1 aliphatic heterocycles. The fourth-order valence-electron chi connectivity index (χ4n) is 1.29. The predicted octanol–water partition coefficient (Wildman–Crippen LogP) is -0.955. The third-order valence-electron chi connectivity index (χ3n) is 1.95. The van der Waals surface area contributed by atoms with Gasteiger partial charge in [0.15, 0.2) is 0 Å². The fraction of sp³-hybridized carbons (Fsp3) is 0.571. The number of aromatic amines is 1. The summed E-state index contributed by atoms with van der Waals surface area (Å²) in [6, 6.07) is 0. The van der Waals surface area contributed by atoms with E-state index < -0.39 is 0 Å². The molecule has 0 bridgehead atoms. The Labute approximate surface area is 69.5 Å². The maximum Gasteiger partial charge on any atom is 0.416 e. The molecule has 0 radical (unpaired) electrons. The van der Waals surface area contributed by atoms with Gasteiger partial charge in [-0.2, -0.15) is 4.57 Å². The number of hydrogen-bond donors (Lipinski definition) is 2. The molecule has 12 heavy (non-hydrogen) atoms. The summed E-state index contributed by atoms with van der Waals surface area (Å²) in [5, 5.41) is 3.05. The third kappa shape index (κ3) is 0.975. The van der Waals surface area contributed by atoms with Gasteiger partial charge in [0, 0.05) is 6.42 Å². The van der Waals surface area contributed by atoms with Crippen LogP contribution in [0.4, 0.5) is 5.95 Å². The van der Waals surface area contributed by atoms with Gasteiger partial charge >= 0.3 is 11.6 Å². The van der Waals surface area contributed by atoms with Crippen LogP contribution in [-0.4, -0.2) is 16.5 Å². The number of H-pyrrole nitrogens is 1. The van der Waals surface area contributed by atoms with E-state index in [4.69, 9.17) is 0 Å². The Morgan fingerprint density at radius 2 is 2.50 bits per heavy atom. The van der Waals surface area contributed by atoms with Gasteiger partial charge in [0.05, 0.1) is 13.1 Å². The molecule has 0 atom stereocenters. The van der Waals surface area contributed by atoms with Crippen molar-refractivity contribution in [2.24, 2.45) is 0 Å². The molecule has 5 nitrogen and oxygen atoms in total. The first-order valence-corrected chi connectivity index (χ1v) is 4.08. The summed E-state index contributed by atoms with van der Waals surface area (Å²) in [6.45, 7) is 3.47. The molecule has 2 rings (SSSR count). The van der Waals surface area contributed by atoms with Crippen molar-refractivity contribution in [2.75, 3.05) is 11.9 Å². The SMILES string of the molecule is CCc1nc2[n+](c(=O)[nH]1)CCN2. The lowest BCUT2D eigenvalue weighted by Gasteiger charge is -1.93. The van der Waals surface area contributed by atoms with E-state index in [1.807, 2.05) is 6.92 Å². The first-order chi connectivity index (χ1) is 5.81. The molecule has 0 unspecified atom stereocenters. The van der Waals surface area contributed by atoms with Gasteiger partial charge in [-0.25, -0.2) is 9.78 Å². The molecule has 0 spiro atoms. The van der Waals surface area contributed by atoms with Gasteiger partial charge in [0.1, 0.15) is 0 Å². The molecular formula is C7H11N4O+. The fourth-order valence-corrected chi connectivity index (χ4v) is 1.29. The van der Waals surface area contributed by atoms with Gasteiger partial charge in [-0.15, -0.1) is 0 Å². The van der Waals surface area contributed by atoms with Crippen molar-refractivity contribution in [3.8, 4) is 0 Å². The Kier molecular flexibility index (Phi) is 1.56. The maximum atomic E-state index is 11.3. The van der Waals surface area contributed by atoms with Crippen molar-refractivity contribution < 1.29 is 4.57 Å². The average Bonchev–Trinajstić information content (AvgIpc) is 2.52. The second-order valence-corrected chi connectivity index (χ2v) is 2.74. The third-order valence-corrected chi connectivity index (χ3v) is 1.95. The Morgan fingerprint density at radius 3 is 3.25 bits per heavy atom. The highest BCUT2D eigenvalue weighted by atomic mass is 16.1. The van der Waals surface area contributed by atoms with Crippen molar-refractivity contribution >= 4 is 5.95 Å². The zero-order chi connectivity index (χ0) is 8.55. The quantitative estimate of drug-likeness (QED) is 0.530. The Morgan fingerprint density at radius 1 is 1.67 bits per heavy atom. The van der Waals surface area contributed by atoms with Crippen LogP contribution in [0.5, 0.6) is 0 Å². The van der Waals surface area contributed by atoms with E-state index in [-0.39, 0.29) is 5.69 Å². The summed E-state index contributed by atoms with van der Waals surface area (Å²) in [7, 11) is 0. The highest BCUT2D eigenvalue weighted by Gasteiger charge is 2.20. The molecule has 0 aliphatic carbocycles. The van der Waals surface area contributed by atoms with Crippen molar-refractivity contribution in [1.82, 2.24) is 9.97 Å². The van der Waals surface area contributed by atoms with Crippen LogP contribution >= 0.6 is 0 Å². The number of aromatic nitrogens is 3. The van der Waals surface area contributed by atoms with Crippen LogP contribution in [0.15, 0.2) is 4.79 Å². The van der Waals surface area contributed by atoms with Crippen molar-refractivity contribution in [2.45, 2.75) is 19.9 Å². The monoisotopic (exact) mass is 167 g/mol. The van der Waals surface area contributed by atoms with Crippen molar-refractivity contribution in [3.05, 3.63) is 16.3 Å². The second-order valence-electron chi connectivity index (χ2n) is 2.74. The number of fused-ring (bicyclic) bond motifs is 1. The smallest absolute Gasteiger partial charge is 0.291 e. The first kappa shape index (κ1) is 7.27. The van der Waals surface area contributed by atoms with Gasteiger partial charge in [0.2, 0.25) is 5.82 Å². The highest BCUT2D eigenvalue weighted by molar-refractivity contribution is 5.17. The van der Waals surface area contributed by atoms with Crippen molar-refractivity contribution in [3.63, 3.8) is 0 Å². The van der Waals surface area contributed by atoms with Crippen LogP contribution in [0.25, 0.3) is 0 Å². The van der Waals surface area contributed by atoms with Crippen LogP contribution in [0.2, 0.25) is 0 Å². The molecule has 0 saturated heterocycles. The molecule has 0 fully saturated rings. The summed E-state index contributed by atoms with van der Waals surface area (Å²) < 4.78 is 1.61. The normalized spacial score (nSPS) is 14.1. The summed E-state index contributed by atoms with van der Waals surface area (Å²) in [5.74, 6) is 1.43. The minimum absolute atomic E-state index is 0.0677. The number of hydrogen-bond acceptors (Lipinski definition) is 3. The number of rotatable bonds is 1. The van der Waals surface area contributed by atoms with E-state index in [0.29, 0.717) is 12.5 Å². The average molecular weight is 167 g/mol. The summed E-state index contributed by atoms with van der Waals surface area (Å²) in [5.41, 5.74) is -0.0677. The molecule has 0 saturated carbocycles.